The zero-order valence-electron chi connectivity index (χ0n) is 9.53. The average Bonchev–Trinajstić information content (AvgIpc) is 2.16. The summed E-state index contributed by atoms with van der Waals surface area (Å²) >= 11 is 3.37. The standard InChI is InChI=1S/C12H17BrN2O/c1-8(14)7-12(16)15-9(2)10-3-5-11(13)6-4-10/h3-6,8-9H,7,14H2,1-2H3,(H,15,16). The van der Waals surface area contributed by atoms with E-state index in [0.717, 1.165) is 10.0 Å². The van der Waals surface area contributed by atoms with Crippen molar-refractivity contribution in [3.8, 4) is 0 Å². The van der Waals surface area contributed by atoms with Crippen LogP contribution in [0.1, 0.15) is 31.9 Å². The summed E-state index contributed by atoms with van der Waals surface area (Å²) < 4.78 is 1.03. The van der Waals surface area contributed by atoms with Gasteiger partial charge in [0.1, 0.15) is 0 Å². The molecule has 0 spiro atoms. The molecule has 0 aliphatic rings. The highest BCUT2D eigenvalue weighted by molar-refractivity contribution is 9.10. The van der Waals surface area contributed by atoms with Gasteiger partial charge in [0.05, 0.1) is 6.04 Å². The van der Waals surface area contributed by atoms with Gasteiger partial charge in [-0.25, -0.2) is 0 Å². The Morgan fingerprint density at radius 2 is 1.94 bits per heavy atom. The molecular formula is C12H17BrN2O. The highest BCUT2D eigenvalue weighted by atomic mass is 79.9. The first-order valence-corrected chi connectivity index (χ1v) is 6.08. The number of hydrogen-bond donors (Lipinski definition) is 2. The van der Waals surface area contributed by atoms with Crippen LogP contribution in [0.4, 0.5) is 0 Å². The van der Waals surface area contributed by atoms with Gasteiger partial charge in [-0.2, -0.15) is 0 Å². The van der Waals surface area contributed by atoms with E-state index in [1.807, 2.05) is 38.1 Å². The molecule has 0 aliphatic carbocycles. The summed E-state index contributed by atoms with van der Waals surface area (Å²) in [5.41, 5.74) is 6.65. The molecule has 0 radical (unpaired) electrons. The molecule has 1 rings (SSSR count). The lowest BCUT2D eigenvalue weighted by atomic mass is 10.1. The topological polar surface area (TPSA) is 55.1 Å². The van der Waals surface area contributed by atoms with Crippen LogP contribution in [-0.4, -0.2) is 11.9 Å². The number of halogens is 1. The summed E-state index contributed by atoms with van der Waals surface area (Å²) in [4.78, 5) is 11.5. The van der Waals surface area contributed by atoms with Gasteiger partial charge in [-0.1, -0.05) is 28.1 Å². The minimum absolute atomic E-state index is 0.00887. The van der Waals surface area contributed by atoms with E-state index >= 15 is 0 Å². The van der Waals surface area contributed by atoms with Crippen LogP contribution in [0.2, 0.25) is 0 Å². The minimum atomic E-state index is -0.0999. The number of benzene rings is 1. The molecule has 1 aromatic carbocycles. The lowest BCUT2D eigenvalue weighted by molar-refractivity contribution is -0.122. The Balaban J connectivity index is 2.55. The first-order valence-electron chi connectivity index (χ1n) is 5.29. The van der Waals surface area contributed by atoms with Crippen molar-refractivity contribution in [2.75, 3.05) is 0 Å². The molecule has 2 atom stereocenters. The van der Waals surface area contributed by atoms with Crippen LogP contribution in [0.25, 0.3) is 0 Å². The van der Waals surface area contributed by atoms with Crippen LogP contribution < -0.4 is 11.1 Å². The fourth-order valence-electron chi connectivity index (χ4n) is 1.43. The zero-order valence-corrected chi connectivity index (χ0v) is 11.1. The number of rotatable bonds is 4. The molecule has 1 aromatic rings. The molecule has 0 heterocycles. The van der Waals surface area contributed by atoms with Crippen LogP contribution in [-0.2, 0) is 4.79 Å². The molecule has 3 nitrogen and oxygen atoms in total. The van der Waals surface area contributed by atoms with Crippen molar-refractivity contribution in [2.45, 2.75) is 32.4 Å². The molecule has 0 aliphatic heterocycles. The third kappa shape index (κ3) is 4.33. The van der Waals surface area contributed by atoms with E-state index in [1.165, 1.54) is 0 Å². The molecule has 3 N–H and O–H groups in total. The molecular weight excluding hydrogens is 268 g/mol. The van der Waals surface area contributed by atoms with E-state index in [9.17, 15) is 4.79 Å². The highest BCUT2D eigenvalue weighted by Gasteiger charge is 2.10. The van der Waals surface area contributed by atoms with Crippen molar-refractivity contribution < 1.29 is 4.79 Å². The minimum Gasteiger partial charge on any atom is -0.350 e. The van der Waals surface area contributed by atoms with Gasteiger partial charge < -0.3 is 11.1 Å². The van der Waals surface area contributed by atoms with Crippen molar-refractivity contribution in [3.63, 3.8) is 0 Å². The van der Waals surface area contributed by atoms with Crippen molar-refractivity contribution in [3.05, 3.63) is 34.3 Å². The Labute approximate surface area is 105 Å². The summed E-state index contributed by atoms with van der Waals surface area (Å²) in [6, 6.07) is 7.81. The second kappa shape index (κ2) is 6.01. The third-order valence-electron chi connectivity index (χ3n) is 2.25. The SMILES string of the molecule is CC(N)CC(=O)NC(C)c1ccc(Br)cc1. The summed E-state index contributed by atoms with van der Waals surface area (Å²) in [6.07, 6.45) is 0.362. The Morgan fingerprint density at radius 3 is 2.44 bits per heavy atom. The number of carbonyl (C=O) groups excluding carboxylic acids is 1. The molecule has 0 aromatic heterocycles. The van der Waals surface area contributed by atoms with Crippen molar-refractivity contribution in [1.82, 2.24) is 5.32 Å². The largest absolute Gasteiger partial charge is 0.350 e. The van der Waals surface area contributed by atoms with Crippen molar-refractivity contribution in [2.24, 2.45) is 5.73 Å². The summed E-state index contributed by atoms with van der Waals surface area (Å²) in [7, 11) is 0. The van der Waals surface area contributed by atoms with Crippen LogP contribution >= 0.6 is 15.9 Å². The van der Waals surface area contributed by atoms with Gasteiger partial charge in [0.15, 0.2) is 0 Å². The van der Waals surface area contributed by atoms with E-state index in [1.54, 1.807) is 0 Å². The quantitative estimate of drug-likeness (QED) is 0.892. The number of nitrogens with two attached hydrogens (primary N) is 1. The van der Waals surface area contributed by atoms with Crippen LogP contribution in [0.3, 0.4) is 0 Å². The lowest BCUT2D eigenvalue weighted by Gasteiger charge is -2.15. The first-order chi connectivity index (χ1) is 7.49. The van der Waals surface area contributed by atoms with E-state index in [2.05, 4.69) is 21.2 Å². The summed E-state index contributed by atoms with van der Waals surface area (Å²) in [6.45, 7) is 3.78. The predicted molar refractivity (Wildman–Crippen MR) is 69.0 cm³/mol. The molecule has 0 saturated carbocycles. The van der Waals surface area contributed by atoms with Gasteiger partial charge in [0, 0.05) is 16.9 Å². The molecule has 4 heteroatoms. The number of carbonyl (C=O) groups is 1. The van der Waals surface area contributed by atoms with Gasteiger partial charge in [-0.3, -0.25) is 4.79 Å². The fourth-order valence-corrected chi connectivity index (χ4v) is 1.69. The second-order valence-corrected chi connectivity index (χ2v) is 4.94. The predicted octanol–water partition coefficient (Wildman–Crippen LogP) is 2.36. The van der Waals surface area contributed by atoms with Gasteiger partial charge in [0.25, 0.3) is 0 Å². The van der Waals surface area contributed by atoms with Crippen LogP contribution in [0.5, 0.6) is 0 Å². The van der Waals surface area contributed by atoms with E-state index in [4.69, 9.17) is 5.73 Å². The number of hydrogen-bond acceptors (Lipinski definition) is 2. The lowest BCUT2D eigenvalue weighted by Crippen LogP contribution is -2.31. The average molecular weight is 285 g/mol. The molecule has 0 bridgehead atoms. The number of nitrogens with one attached hydrogen (secondary N) is 1. The molecule has 0 saturated heterocycles. The van der Waals surface area contributed by atoms with E-state index < -0.39 is 0 Å². The third-order valence-corrected chi connectivity index (χ3v) is 2.78. The zero-order chi connectivity index (χ0) is 12.1. The Hall–Kier alpha value is -0.870. The Kier molecular flexibility index (Phi) is 4.96. The normalized spacial score (nSPS) is 14.2. The second-order valence-electron chi connectivity index (χ2n) is 4.02. The van der Waals surface area contributed by atoms with Crippen molar-refractivity contribution in [1.29, 1.82) is 0 Å². The van der Waals surface area contributed by atoms with Crippen LogP contribution in [0.15, 0.2) is 28.7 Å². The maximum absolute atomic E-state index is 11.5. The smallest absolute Gasteiger partial charge is 0.222 e. The molecule has 1 amide bonds. The molecule has 0 fully saturated rings. The van der Waals surface area contributed by atoms with Gasteiger partial charge in [-0.15, -0.1) is 0 Å². The van der Waals surface area contributed by atoms with Crippen molar-refractivity contribution >= 4 is 21.8 Å². The first kappa shape index (κ1) is 13.2. The van der Waals surface area contributed by atoms with Crippen LogP contribution in [0, 0.1) is 0 Å². The molecule has 16 heavy (non-hydrogen) atoms. The Bertz CT molecular complexity index is 349. The van der Waals surface area contributed by atoms with Gasteiger partial charge in [-0.05, 0) is 31.5 Å². The van der Waals surface area contributed by atoms with E-state index in [0.29, 0.717) is 6.42 Å². The van der Waals surface area contributed by atoms with Gasteiger partial charge >= 0.3 is 0 Å². The Morgan fingerprint density at radius 1 is 1.38 bits per heavy atom. The molecule has 2 unspecified atom stereocenters. The summed E-state index contributed by atoms with van der Waals surface area (Å²) in [5.74, 6) is -0.00887. The van der Waals surface area contributed by atoms with E-state index in [-0.39, 0.29) is 18.0 Å². The maximum Gasteiger partial charge on any atom is 0.222 e. The summed E-state index contributed by atoms with van der Waals surface area (Å²) in [5, 5.41) is 2.91. The van der Waals surface area contributed by atoms with Gasteiger partial charge in [0.2, 0.25) is 5.91 Å². The highest BCUT2D eigenvalue weighted by Crippen LogP contribution is 2.16. The maximum atomic E-state index is 11.5. The molecule has 88 valence electrons. The fraction of sp³-hybridized carbons (Fsp3) is 0.417. The monoisotopic (exact) mass is 284 g/mol. The number of amides is 1.